The van der Waals surface area contributed by atoms with E-state index in [1.54, 1.807) is 0 Å². The van der Waals surface area contributed by atoms with Crippen LogP contribution in [-0.2, 0) is 0 Å². The van der Waals surface area contributed by atoms with Crippen molar-refractivity contribution in [3.8, 4) is 0 Å². The predicted octanol–water partition coefficient (Wildman–Crippen LogP) is 13.2. The molecule has 7 rings (SSSR count). The van der Waals surface area contributed by atoms with Crippen molar-refractivity contribution < 1.29 is 0 Å². The summed E-state index contributed by atoms with van der Waals surface area (Å²) in [7, 11) is 0. The fourth-order valence-electron chi connectivity index (χ4n) is 6.68. The molecule has 0 saturated heterocycles. The van der Waals surface area contributed by atoms with Crippen LogP contribution in [0.15, 0.2) is 158 Å². The van der Waals surface area contributed by atoms with Gasteiger partial charge in [0.05, 0.1) is 5.69 Å². The van der Waals surface area contributed by atoms with Crippen molar-refractivity contribution >= 4 is 57.0 Å². The van der Waals surface area contributed by atoms with E-state index in [-0.39, 0.29) is 0 Å². The molecule has 0 unspecified atom stereocenters. The maximum absolute atomic E-state index is 2.36. The summed E-state index contributed by atoms with van der Waals surface area (Å²) in [5.41, 5.74) is 14.3. The molecule has 0 spiro atoms. The Morgan fingerprint density at radius 2 is 0.792 bits per heavy atom. The molecular weight excluding hydrogens is 581 g/mol. The lowest BCUT2D eigenvalue weighted by Crippen LogP contribution is -2.11. The van der Waals surface area contributed by atoms with Gasteiger partial charge in [-0.2, -0.15) is 0 Å². The second-order valence-corrected chi connectivity index (χ2v) is 12.7. The number of anilines is 6. The monoisotopic (exact) mass is 620 g/mol. The minimum Gasteiger partial charge on any atom is -0.310 e. The van der Waals surface area contributed by atoms with Crippen molar-refractivity contribution in [1.29, 1.82) is 0 Å². The van der Waals surface area contributed by atoms with Gasteiger partial charge in [-0.15, -0.1) is 0 Å². The lowest BCUT2D eigenvalue weighted by molar-refractivity contribution is 1.23. The first-order valence-corrected chi connectivity index (χ1v) is 16.6. The zero-order chi connectivity index (χ0) is 33.0. The van der Waals surface area contributed by atoms with Gasteiger partial charge in [0.2, 0.25) is 0 Å². The number of hydrogen-bond donors (Lipinski definition) is 0. The third kappa shape index (κ3) is 6.65. The average molecular weight is 621 g/mol. The Morgan fingerprint density at radius 3 is 1.33 bits per heavy atom. The summed E-state index contributed by atoms with van der Waals surface area (Å²) >= 11 is 0. The zero-order valence-electron chi connectivity index (χ0n) is 28.1. The number of para-hydroxylation sites is 1. The van der Waals surface area contributed by atoms with E-state index in [1.807, 2.05) is 0 Å². The fourth-order valence-corrected chi connectivity index (χ4v) is 6.68. The zero-order valence-corrected chi connectivity index (χ0v) is 28.1. The molecule has 234 valence electrons. The predicted molar refractivity (Wildman–Crippen MR) is 208 cm³/mol. The van der Waals surface area contributed by atoms with Crippen molar-refractivity contribution in [3.63, 3.8) is 0 Å². The van der Waals surface area contributed by atoms with E-state index in [2.05, 4.69) is 207 Å². The molecule has 0 heterocycles. The highest BCUT2D eigenvalue weighted by molar-refractivity contribution is 5.99. The number of benzene rings is 7. The van der Waals surface area contributed by atoms with Crippen molar-refractivity contribution in [2.24, 2.45) is 0 Å². The first kappa shape index (κ1) is 30.8. The topological polar surface area (TPSA) is 6.48 Å². The molecular formula is C46H40N2. The molecule has 0 aliphatic heterocycles. The molecule has 0 bridgehead atoms. The number of nitrogens with zero attached hydrogens (tertiary/aromatic N) is 2. The maximum Gasteiger partial charge on any atom is 0.0540 e. The first-order valence-electron chi connectivity index (χ1n) is 16.6. The van der Waals surface area contributed by atoms with E-state index in [0.717, 1.165) is 28.2 Å². The van der Waals surface area contributed by atoms with Crippen LogP contribution >= 0.6 is 0 Å². The highest BCUT2D eigenvalue weighted by Gasteiger charge is 2.16. The third-order valence-corrected chi connectivity index (χ3v) is 8.72. The van der Waals surface area contributed by atoms with Gasteiger partial charge in [-0.05, 0) is 133 Å². The molecule has 48 heavy (non-hydrogen) atoms. The van der Waals surface area contributed by atoms with Crippen molar-refractivity contribution in [3.05, 3.63) is 191 Å². The van der Waals surface area contributed by atoms with Crippen LogP contribution < -0.4 is 9.80 Å². The Balaban J connectivity index is 1.17. The van der Waals surface area contributed by atoms with Gasteiger partial charge in [-0.1, -0.05) is 103 Å². The molecule has 7 aromatic rings. The molecule has 0 amide bonds. The number of rotatable bonds is 8. The molecule has 2 nitrogen and oxygen atoms in total. The van der Waals surface area contributed by atoms with Crippen LogP contribution in [0.2, 0.25) is 0 Å². The van der Waals surface area contributed by atoms with Gasteiger partial charge in [0.1, 0.15) is 0 Å². The first-order chi connectivity index (χ1) is 23.4. The Bertz CT molecular complexity index is 2110. The van der Waals surface area contributed by atoms with Crippen molar-refractivity contribution in [2.75, 3.05) is 9.80 Å². The molecule has 0 fully saturated rings. The van der Waals surface area contributed by atoms with Crippen LogP contribution in [0.1, 0.15) is 33.4 Å². The Kier molecular flexibility index (Phi) is 8.64. The van der Waals surface area contributed by atoms with Crippen LogP contribution in [0, 0.1) is 27.7 Å². The van der Waals surface area contributed by atoms with E-state index in [4.69, 9.17) is 0 Å². The summed E-state index contributed by atoms with van der Waals surface area (Å²) in [5.74, 6) is 0. The highest BCUT2D eigenvalue weighted by Crippen LogP contribution is 2.39. The largest absolute Gasteiger partial charge is 0.310 e. The lowest BCUT2D eigenvalue weighted by Gasteiger charge is -2.27. The Labute approximate surface area is 284 Å². The maximum atomic E-state index is 2.36. The van der Waals surface area contributed by atoms with Gasteiger partial charge in [-0.25, -0.2) is 0 Å². The minimum atomic E-state index is 1.12. The average Bonchev–Trinajstić information content (AvgIpc) is 3.08. The second kappa shape index (κ2) is 13.5. The smallest absolute Gasteiger partial charge is 0.0540 e. The number of fused-ring (bicyclic) bond motifs is 1. The third-order valence-electron chi connectivity index (χ3n) is 8.72. The molecule has 0 aromatic heterocycles. The summed E-state index contributed by atoms with van der Waals surface area (Å²) in [6, 6.07) is 56.9. The SMILES string of the molecule is Cc1cc(C)cc(N(c2ccc(/C=C/c3ccc(N(c4ccccc4)c4cccc5ccccc45)cc3)cc2)c2cc(C)cc(C)c2)c1. The van der Waals surface area contributed by atoms with Crippen LogP contribution in [0.5, 0.6) is 0 Å². The molecule has 0 atom stereocenters. The molecule has 7 aromatic carbocycles. The fraction of sp³-hybridized carbons (Fsp3) is 0.0870. The van der Waals surface area contributed by atoms with Crippen molar-refractivity contribution in [2.45, 2.75) is 27.7 Å². The summed E-state index contributed by atoms with van der Waals surface area (Å²) in [6.45, 7) is 8.66. The van der Waals surface area contributed by atoms with E-state index in [1.165, 1.54) is 50.1 Å². The van der Waals surface area contributed by atoms with Crippen molar-refractivity contribution in [1.82, 2.24) is 0 Å². The van der Waals surface area contributed by atoms with Crippen LogP contribution in [0.25, 0.3) is 22.9 Å². The van der Waals surface area contributed by atoms with Gasteiger partial charge in [0, 0.05) is 33.8 Å². The number of aryl methyl sites for hydroxylation is 4. The second-order valence-electron chi connectivity index (χ2n) is 12.7. The summed E-state index contributed by atoms with van der Waals surface area (Å²) in [6.07, 6.45) is 4.38. The van der Waals surface area contributed by atoms with Gasteiger partial charge in [-0.3, -0.25) is 0 Å². The summed E-state index contributed by atoms with van der Waals surface area (Å²) < 4.78 is 0. The van der Waals surface area contributed by atoms with E-state index < -0.39 is 0 Å². The normalized spacial score (nSPS) is 11.2. The minimum absolute atomic E-state index is 1.12. The van der Waals surface area contributed by atoms with Crippen LogP contribution in [0.4, 0.5) is 34.1 Å². The lowest BCUT2D eigenvalue weighted by atomic mass is 10.1. The molecule has 0 saturated carbocycles. The van der Waals surface area contributed by atoms with Gasteiger partial charge >= 0.3 is 0 Å². The number of hydrogen-bond acceptors (Lipinski definition) is 2. The molecule has 0 aliphatic carbocycles. The summed E-state index contributed by atoms with van der Waals surface area (Å²) in [5, 5.41) is 2.46. The molecule has 0 radical (unpaired) electrons. The van der Waals surface area contributed by atoms with E-state index in [0.29, 0.717) is 0 Å². The van der Waals surface area contributed by atoms with E-state index in [9.17, 15) is 0 Å². The van der Waals surface area contributed by atoms with Gasteiger partial charge < -0.3 is 9.80 Å². The molecule has 0 N–H and O–H groups in total. The quantitative estimate of drug-likeness (QED) is 0.156. The standard InChI is InChI=1S/C46H40N2/c1-33-27-34(2)30-43(29-33)47(44-31-35(3)28-36(4)32-44)41-23-19-37(20-24-41)17-18-38-21-25-42(26-22-38)48(40-13-6-5-7-14-40)46-16-10-12-39-11-8-9-15-45(39)46/h5-32H,1-4H3/b18-17+. The van der Waals surface area contributed by atoms with Gasteiger partial charge in [0.25, 0.3) is 0 Å². The van der Waals surface area contributed by atoms with Crippen LogP contribution in [0.3, 0.4) is 0 Å². The Hall–Kier alpha value is -5.86. The van der Waals surface area contributed by atoms with E-state index >= 15 is 0 Å². The molecule has 2 heteroatoms. The Morgan fingerprint density at radius 1 is 0.354 bits per heavy atom. The molecule has 0 aliphatic rings. The summed E-state index contributed by atoms with van der Waals surface area (Å²) in [4.78, 5) is 4.70. The van der Waals surface area contributed by atoms with Gasteiger partial charge in [0.15, 0.2) is 0 Å². The highest BCUT2D eigenvalue weighted by atomic mass is 15.1. The van der Waals surface area contributed by atoms with Crippen LogP contribution in [-0.4, -0.2) is 0 Å².